The maximum Gasteiger partial charge on any atom is 0.435 e. The summed E-state index contributed by atoms with van der Waals surface area (Å²) < 4.78 is 40.9. The highest BCUT2D eigenvalue weighted by Crippen LogP contribution is 2.28. The number of nitrogens with one attached hydrogen (secondary N) is 2. The molecule has 2 aromatic rings. The summed E-state index contributed by atoms with van der Waals surface area (Å²) in [5.41, 5.74) is -0.402. The molecule has 2 heterocycles. The summed E-state index contributed by atoms with van der Waals surface area (Å²) in [5, 5.41) is 12.7. The van der Waals surface area contributed by atoms with Gasteiger partial charge in [-0.15, -0.1) is 0 Å². The molecule has 0 aliphatic carbocycles. The van der Waals surface area contributed by atoms with Crippen LogP contribution in [-0.4, -0.2) is 38.4 Å². The van der Waals surface area contributed by atoms with Crippen LogP contribution in [0, 0.1) is 12.8 Å². The molecule has 0 fully saturated rings. The Morgan fingerprint density at radius 2 is 1.96 bits per heavy atom. The van der Waals surface area contributed by atoms with Crippen LogP contribution in [0.3, 0.4) is 0 Å². The van der Waals surface area contributed by atoms with Crippen LogP contribution in [0.5, 0.6) is 0 Å². The summed E-state index contributed by atoms with van der Waals surface area (Å²) in [5.74, 6) is -1.60. The Kier molecular flexibility index (Phi) is 5.91. The first kappa shape index (κ1) is 20.5. The molecule has 0 aliphatic heterocycles. The molecule has 0 saturated carbocycles. The van der Waals surface area contributed by atoms with Crippen LogP contribution in [0.2, 0.25) is 0 Å². The summed E-state index contributed by atoms with van der Waals surface area (Å²) in [6.07, 6.45) is -3.02. The van der Waals surface area contributed by atoms with Gasteiger partial charge in [-0.3, -0.25) is 19.0 Å². The van der Waals surface area contributed by atoms with Crippen LogP contribution in [-0.2, 0) is 24.1 Å². The molecule has 1 unspecified atom stereocenters. The van der Waals surface area contributed by atoms with E-state index < -0.39 is 29.6 Å². The van der Waals surface area contributed by atoms with Gasteiger partial charge in [-0.05, 0) is 19.9 Å². The van der Waals surface area contributed by atoms with Crippen molar-refractivity contribution in [1.29, 1.82) is 0 Å². The number of carbonyl (C=O) groups is 2. The smallest absolute Gasteiger partial charge is 0.354 e. The monoisotopic (exact) mass is 386 g/mol. The Bertz CT molecular complexity index is 840. The van der Waals surface area contributed by atoms with Crippen molar-refractivity contribution < 1.29 is 22.8 Å². The number of hydrogen-bond acceptors (Lipinski definition) is 4. The quantitative estimate of drug-likeness (QED) is 0.795. The predicted octanol–water partition coefficient (Wildman–Crippen LogP) is 2.06. The lowest BCUT2D eigenvalue weighted by molar-refractivity contribution is -0.141. The first-order chi connectivity index (χ1) is 12.6. The van der Waals surface area contributed by atoms with E-state index in [1.807, 2.05) is 6.92 Å². The summed E-state index contributed by atoms with van der Waals surface area (Å²) in [4.78, 5) is 24.3. The molecule has 2 aromatic heterocycles. The fourth-order valence-electron chi connectivity index (χ4n) is 2.39. The van der Waals surface area contributed by atoms with Crippen LogP contribution in [0.15, 0.2) is 12.3 Å². The van der Waals surface area contributed by atoms with Crippen LogP contribution in [0.1, 0.15) is 35.7 Å². The normalized spacial score (nSPS) is 12.7. The number of alkyl halides is 3. The zero-order valence-corrected chi connectivity index (χ0v) is 15.4. The summed E-state index contributed by atoms with van der Waals surface area (Å²) in [6.45, 7) is 5.34. The molecular formula is C16H21F3N6O2. The topological polar surface area (TPSA) is 93.8 Å². The first-order valence-corrected chi connectivity index (χ1v) is 8.28. The van der Waals surface area contributed by atoms with Crippen molar-refractivity contribution in [3.63, 3.8) is 0 Å². The van der Waals surface area contributed by atoms with Crippen LogP contribution in [0.4, 0.5) is 18.9 Å². The van der Waals surface area contributed by atoms with E-state index >= 15 is 0 Å². The molecule has 0 saturated heterocycles. The maximum absolute atomic E-state index is 12.8. The van der Waals surface area contributed by atoms with Gasteiger partial charge in [0.1, 0.15) is 0 Å². The average molecular weight is 386 g/mol. The van der Waals surface area contributed by atoms with Crippen molar-refractivity contribution in [1.82, 2.24) is 24.9 Å². The molecule has 0 radical (unpaired) electrons. The molecule has 8 nitrogen and oxygen atoms in total. The zero-order valence-electron chi connectivity index (χ0n) is 15.4. The number of hydrogen-bond donors (Lipinski definition) is 2. The van der Waals surface area contributed by atoms with Crippen LogP contribution in [0.25, 0.3) is 0 Å². The van der Waals surface area contributed by atoms with Crippen molar-refractivity contribution in [2.45, 2.75) is 40.0 Å². The molecule has 0 aliphatic rings. The molecule has 27 heavy (non-hydrogen) atoms. The third kappa shape index (κ3) is 4.66. The molecule has 0 spiro atoms. The second-order valence-electron chi connectivity index (χ2n) is 6.07. The van der Waals surface area contributed by atoms with Crippen LogP contribution >= 0.6 is 0 Å². The average Bonchev–Trinajstić information content (AvgIpc) is 3.17. The second kappa shape index (κ2) is 7.80. The van der Waals surface area contributed by atoms with E-state index in [-0.39, 0.29) is 17.9 Å². The van der Waals surface area contributed by atoms with E-state index in [1.165, 1.54) is 24.9 Å². The highest BCUT2D eigenvalue weighted by Gasteiger charge is 2.34. The third-order valence-corrected chi connectivity index (χ3v) is 3.95. The predicted molar refractivity (Wildman–Crippen MR) is 91.1 cm³/mol. The Morgan fingerprint density at radius 3 is 2.48 bits per heavy atom. The number of amides is 2. The van der Waals surface area contributed by atoms with E-state index in [2.05, 4.69) is 20.8 Å². The molecule has 1 atom stereocenters. The van der Waals surface area contributed by atoms with E-state index in [1.54, 1.807) is 6.92 Å². The summed E-state index contributed by atoms with van der Waals surface area (Å²) in [6, 6.07) is 0.930. The largest absolute Gasteiger partial charge is 0.435 e. The van der Waals surface area contributed by atoms with Crippen molar-refractivity contribution in [2.75, 3.05) is 12.4 Å². The van der Waals surface area contributed by atoms with E-state index in [9.17, 15) is 22.8 Å². The lowest BCUT2D eigenvalue weighted by Crippen LogP contribution is -2.27. The minimum Gasteiger partial charge on any atom is -0.354 e. The van der Waals surface area contributed by atoms with Crippen molar-refractivity contribution >= 4 is 17.5 Å². The Labute approximate surface area is 153 Å². The molecule has 2 N–H and O–H groups in total. The minimum atomic E-state index is -4.54. The molecular weight excluding hydrogens is 365 g/mol. The minimum absolute atomic E-state index is 0.0367. The zero-order chi connectivity index (χ0) is 20.4. The molecule has 0 aromatic carbocycles. The van der Waals surface area contributed by atoms with Gasteiger partial charge in [0, 0.05) is 25.5 Å². The lowest BCUT2D eigenvalue weighted by atomic mass is 10.1. The Balaban J connectivity index is 2.14. The fraction of sp³-hybridized carbons (Fsp3) is 0.500. The highest BCUT2D eigenvalue weighted by molar-refractivity contribution is 6.02. The fourth-order valence-corrected chi connectivity index (χ4v) is 2.39. The summed E-state index contributed by atoms with van der Waals surface area (Å²) in [7, 11) is 1.44. The van der Waals surface area contributed by atoms with Gasteiger partial charge in [0.15, 0.2) is 11.4 Å². The van der Waals surface area contributed by atoms with Gasteiger partial charge >= 0.3 is 6.18 Å². The lowest BCUT2D eigenvalue weighted by Gasteiger charge is -2.13. The van der Waals surface area contributed by atoms with Gasteiger partial charge in [-0.1, -0.05) is 6.92 Å². The molecule has 0 bridgehead atoms. The number of anilines is 1. The SMILES string of the molecule is CCn1cc(NC(=O)C(C)Cn2nc(C(F)(F)F)cc2C)c(C(=O)NC)n1. The van der Waals surface area contributed by atoms with Gasteiger partial charge < -0.3 is 10.6 Å². The van der Waals surface area contributed by atoms with Gasteiger partial charge in [-0.2, -0.15) is 23.4 Å². The number of aromatic nitrogens is 4. The van der Waals surface area contributed by atoms with Crippen LogP contribution < -0.4 is 10.6 Å². The second-order valence-corrected chi connectivity index (χ2v) is 6.07. The third-order valence-electron chi connectivity index (χ3n) is 3.95. The van der Waals surface area contributed by atoms with Crippen molar-refractivity contribution in [2.24, 2.45) is 5.92 Å². The van der Waals surface area contributed by atoms with Gasteiger partial charge in [-0.25, -0.2) is 0 Å². The maximum atomic E-state index is 12.8. The first-order valence-electron chi connectivity index (χ1n) is 8.28. The van der Waals surface area contributed by atoms with E-state index in [0.29, 0.717) is 12.2 Å². The number of nitrogens with zero attached hydrogens (tertiary/aromatic N) is 4. The van der Waals surface area contributed by atoms with Crippen molar-refractivity contribution in [3.05, 3.63) is 29.3 Å². The molecule has 11 heteroatoms. The molecule has 2 rings (SSSR count). The number of rotatable bonds is 6. The van der Waals surface area contributed by atoms with Crippen molar-refractivity contribution in [3.8, 4) is 0 Å². The number of aryl methyl sites for hydroxylation is 2. The van der Waals surface area contributed by atoms with Gasteiger partial charge in [0.2, 0.25) is 5.91 Å². The number of halogens is 3. The molecule has 2 amide bonds. The van der Waals surface area contributed by atoms with Gasteiger partial charge in [0.05, 0.1) is 18.2 Å². The summed E-state index contributed by atoms with van der Waals surface area (Å²) >= 11 is 0. The highest BCUT2D eigenvalue weighted by atomic mass is 19.4. The number of carbonyl (C=O) groups excluding carboxylic acids is 2. The standard InChI is InChI=1S/C16H21F3N6O2/c1-5-24-8-11(13(23-24)15(27)20-4)21-14(26)9(2)7-25-10(3)6-12(22-25)16(17,18)19/h6,8-9H,5,7H2,1-4H3,(H,20,27)(H,21,26). The van der Waals surface area contributed by atoms with E-state index in [4.69, 9.17) is 0 Å². The van der Waals surface area contributed by atoms with E-state index in [0.717, 1.165) is 10.7 Å². The Morgan fingerprint density at radius 1 is 1.30 bits per heavy atom. The Hall–Kier alpha value is -2.85. The van der Waals surface area contributed by atoms with Gasteiger partial charge in [0.25, 0.3) is 5.91 Å². The molecule has 148 valence electrons.